The topological polar surface area (TPSA) is 0 Å². The van der Waals surface area contributed by atoms with Gasteiger partial charge in [-0.15, -0.1) is 11.6 Å². The highest BCUT2D eigenvalue weighted by atomic mass is 35.6. The number of alkyl halides is 1. The van der Waals surface area contributed by atoms with Crippen LogP contribution in [0.5, 0.6) is 0 Å². The molecule has 0 aliphatic rings. The molecule has 80 valence electrons. The Morgan fingerprint density at radius 1 is 1.38 bits per heavy atom. The third-order valence-corrected chi connectivity index (χ3v) is 8.66. The van der Waals surface area contributed by atoms with Crippen LogP contribution in [0.1, 0.15) is 33.6 Å². The number of hydrogen-bond donors (Lipinski definition) is 0. The SMILES string of the molecule is CCCC(C)(C(C)CCl)[Si](C)(C)Cl. The van der Waals surface area contributed by atoms with Crippen molar-refractivity contribution in [3.05, 3.63) is 0 Å². The molecule has 0 amide bonds. The monoisotopic (exact) mass is 240 g/mol. The zero-order chi connectivity index (χ0) is 10.7. The van der Waals surface area contributed by atoms with Crippen LogP contribution in [0.3, 0.4) is 0 Å². The molecule has 0 radical (unpaired) electrons. The molecule has 0 aromatic rings. The summed E-state index contributed by atoms with van der Waals surface area (Å²) in [7, 11) is -1.63. The van der Waals surface area contributed by atoms with Gasteiger partial charge in [0.1, 0.15) is 0 Å². The van der Waals surface area contributed by atoms with Crippen LogP contribution in [0.15, 0.2) is 0 Å². The molecule has 0 aliphatic heterocycles. The Labute approximate surface area is 93.7 Å². The molecule has 0 spiro atoms. The number of halogens is 2. The zero-order valence-corrected chi connectivity index (χ0v) is 12.0. The highest BCUT2D eigenvalue weighted by Crippen LogP contribution is 2.50. The minimum atomic E-state index is -1.63. The Morgan fingerprint density at radius 3 is 2.08 bits per heavy atom. The van der Waals surface area contributed by atoms with E-state index in [1.54, 1.807) is 0 Å². The van der Waals surface area contributed by atoms with E-state index in [0.717, 1.165) is 5.88 Å². The van der Waals surface area contributed by atoms with Crippen LogP contribution in [0.25, 0.3) is 0 Å². The van der Waals surface area contributed by atoms with Gasteiger partial charge in [0.15, 0.2) is 7.38 Å². The molecule has 0 saturated carbocycles. The maximum Gasteiger partial charge on any atom is 0.156 e. The van der Waals surface area contributed by atoms with E-state index < -0.39 is 7.38 Å². The van der Waals surface area contributed by atoms with Gasteiger partial charge in [-0.2, -0.15) is 11.1 Å². The maximum absolute atomic E-state index is 6.57. The Morgan fingerprint density at radius 2 is 1.85 bits per heavy atom. The summed E-state index contributed by atoms with van der Waals surface area (Å²) in [6.45, 7) is 11.2. The maximum atomic E-state index is 6.57. The smallest absolute Gasteiger partial charge is 0.156 e. The van der Waals surface area contributed by atoms with Crippen molar-refractivity contribution in [1.29, 1.82) is 0 Å². The van der Waals surface area contributed by atoms with Gasteiger partial charge in [0, 0.05) is 5.88 Å². The third kappa shape index (κ3) is 3.14. The highest BCUT2D eigenvalue weighted by Gasteiger charge is 2.44. The summed E-state index contributed by atoms with van der Waals surface area (Å²) in [4.78, 5) is 0. The first kappa shape index (κ1) is 13.8. The molecule has 0 fully saturated rings. The van der Waals surface area contributed by atoms with E-state index in [4.69, 9.17) is 22.7 Å². The normalized spacial score (nSPS) is 19.6. The summed E-state index contributed by atoms with van der Waals surface area (Å²) < 4.78 is 0. The third-order valence-electron chi connectivity index (χ3n) is 3.45. The molecule has 2 unspecified atom stereocenters. The number of hydrogen-bond acceptors (Lipinski definition) is 0. The summed E-state index contributed by atoms with van der Waals surface area (Å²) in [5.74, 6) is 1.24. The summed E-state index contributed by atoms with van der Waals surface area (Å²) in [6, 6.07) is 0. The second kappa shape index (κ2) is 5.04. The quantitative estimate of drug-likeness (QED) is 0.366. The van der Waals surface area contributed by atoms with E-state index in [1.165, 1.54) is 12.8 Å². The molecule has 0 heterocycles. The molecule has 0 bridgehead atoms. The van der Waals surface area contributed by atoms with Gasteiger partial charge in [-0.1, -0.05) is 40.3 Å². The van der Waals surface area contributed by atoms with Gasteiger partial charge in [-0.25, -0.2) is 0 Å². The summed E-state index contributed by atoms with van der Waals surface area (Å²) >= 11 is 12.5. The fourth-order valence-electron chi connectivity index (χ4n) is 1.82. The first-order valence-electron chi connectivity index (χ1n) is 5.04. The average molecular weight is 241 g/mol. The molecule has 0 rings (SSSR count). The van der Waals surface area contributed by atoms with Crippen LogP contribution in [0.4, 0.5) is 0 Å². The summed E-state index contributed by atoms with van der Waals surface area (Å²) in [5.41, 5.74) is 0. The van der Waals surface area contributed by atoms with Crippen molar-refractivity contribution in [2.45, 2.75) is 51.7 Å². The Kier molecular flexibility index (Phi) is 5.35. The standard InChI is InChI=1S/C10H22Cl2Si/c1-6-7-10(3,9(2)8-11)13(4,5)12/h9H,6-8H2,1-5H3. The molecule has 13 heavy (non-hydrogen) atoms. The van der Waals surface area contributed by atoms with Gasteiger partial charge in [-0.3, -0.25) is 0 Å². The molecular weight excluding hydrogens is 219 g/mol. The molecule has 0 saturated heterocycles. The number of rotatable bonds is 5. The molecule has 0 N–H and O–H groups in total. The van der Waals surface area contributed by atoms with Gasteiger partial charge < -0.3 is 0 Å². The zero-order valence-electron chi connectivity index (χ0n) is 9.45. The fraction of sp³-hybridized carbons (Fsp3) is 1.00. The van der Waals surface area contributed by atoms with E-state index >= 15 is 0 Å². The molecular formula is C10H22Cl2Si. The van der Waals surface area contributed by atoms with Crippen molar-refractivity contribution in [3.63, 3.8) is 0 Å². The largest absolute Gasteiger partial charge is 0.167 e. The first-order chi connectivity index (χ1) is 5.79. The van der Waals surface area contributed by atoms with Crippen molar-refractivity contribution in [1.82, 2.24) is 0 Å². The van der Waals surface area contributed by atoms with E-state index in [0.29, 0.717) is 5.92 Å². The lowest BCUT2D eigenvalue weighted by Gasteiger charge is -2.42. The second-order valence-corrected chi connectivity index (χ2v) is 11.9. The van der Waals surface area contributed by atoms with Crippen LogP contribution in [-0.2, 0) is 0 Å². The van der Waals surface area contributed by atoms with Crippen molar-refractivity contribution >= 4 is 30.1 Å². The predicted octanol–water partition coefficient (Wildman–Crippen LogP) is 4.87. The predicted molar refractivity (Wildman–Crippen MR) is 66.5 cm³/mol. The lowest BCUT2D eigenvalue weighted by atomic mass is 9.92. The van der Waals surface area contributed by atoms with E-state index in [1.807, 2.05) is 0 Å². The average Bonchev–Trinajstić information content (AvgIpc) is 2.01. The van der Waals surface area contributed by atoms with Crippen LogP contribution in [0.2, 0.25) is 18.1 Å². The summed E-state index contributed by atoms with van der Waals surface area (Å²) in [6.07, 6.45) is 2.39. The van der Waals surface area contributed by atoms with Gasteiger partial charge >= 0.3 is 0 Å². The molecule has 2 atom stereocenters. The van der Waals surface area contributed by atoms with Crippen molar-refractivity contribution in [2.75, 3.05) is 5.88 Å². The molecule has 0 aromatic heterocycles. The Hall–Kier alpha value is 0.797. The molecule has 0 aromatic carbocycles. The molecule has 3 heteroatoms. The van der Waals surface area contributed by atoms with E-state index in [9.17, 15) is 0 Å². The minimum Gasteiger partial charge on any atom is -0.167 e. The molecule has 0 aliphatic carbocycles. The Bertz CT molecular complexity index is 153. The minimum absolute atomic E-state index is 0.269. The Balaban J connectivity index is 4.72. The van der Waals surface area contributed by atoms with Crippen LogP contribution in [0, 0.1) is 5.92 Å². The van der Waals surface area contributed by atoms with Gasteiger partial charge in [0.05, 0.1) is 0 Å². The van der Waals surface area contributed by atoms with Crippen molar-refractivity contribution in [2.24, 2.45) is 5.92 Å². The van der Waals surface area contributed by atoms with Crippen molar-refractivity contribution in [3.8, 4) is 0 Å². The molecule has 0 nitrogen and oxygen atoms in total. The van der Waals surface area contributed by atoms with E-state index in [-0.39, 0.29) is 5.04 Å². The lowest BCUT2D eigenvalue weighted by molar-refractivity contribution is 0.402. The van der Waals surface area contributed by atoms with Crippen LogP contribution < -0.4 is 0 Å². The van der Waals surface area contributed by atoms with Gasteiger partial charge in [-0.05, 0) is 17.4 Å². The van der Waals surface area contributed by atoms with Crippen molar-refractivity contribution < 1.29 is 0 Å². The highest BCUT2D eigenvalue weighted by molar-refractivity contribution is 7.20. The van der Waals surface area contributed by atoms with Gasteiger partial charge in [0.25, 0.3) is 0 Å². The van der Waals surface area contributed by atoms with Crippen LogP contribution >= 0.6 is 22.7 Å². The van der Waals surface area contributed by atoms with E-state index in [2.05, 4.69) is 33.9 Å². The fourth-order valence-corrected chi connectivity index (χ4v) is 5.25. The summed E-state index contributed by atoms with van der Waals surface area (Å²) in [5, 5.41) is 0.269. The second-order valence-electron chi connectivity index (χ2n) is 4.70. The van der Waals surface area contributed by atoms with Crippen LogP contribution in [-0.4, -0.2) is 13.3 Å². The lowest BCUT2D eigenvalue weighted by Crippen LogP contribution is -2.40. The van der Waals surface area contributed by atoms with Gasteiger partial charge in [0.2, 0.25) is 0 Å². The first-order valence-corrected chi connectivity index (χ1v) is 9.59.